The Morgan fingerprint density at radius 3 is 1.41 bits per heavy atom. The number of rotatable bonds is 34. The summed E-state index contributed by atoms with van der Waals surface area (Å²) in [4.78, 5) is 25.2. The minimum atomic E-state index is -4.73. The van der Waals surface area contributed by atoms with Gasteiger partial charge in [-0.05, 0) is 12.8 Å². The van der Waals surface area contributed by atoms with Crippen LogP contribution in [0.4, 0.5) is 0 Å². The lowest BCUT2D eigenvalue weighted by Gasteiger charge is -2.33. The Morgan fingerprint density at radius 1 is 0.609 bits per heavy atom. The van der Waals surface area contributed by atoms with Gasteiger partial charge in [0.1, 0.15) is 13.2 Å². The predicted octanol–water partition coefficient (Wildman–Crippen LogP) is 8.79. The number of quaternary nitrogens is 1. The van der Waals surface area contributed by atoms with Gasteiger partial charge in [0.05, 0.1) is 27.2 Å². The van der Waals surface area contributed by atoms with Crippen LogP contribution in [0.5, 0.6) is 0 Å². The molecular formula is C36H71NO8S. The van der Waals surface area contributed by atoms with Gasteiger partial charge >= 0.3 is 11.9 Å². The lowest BCUT2D eigenvalue weighted by molar-refractivity contribution is -0.893. The van der Waals surface area contributed by atoms with Crippen molar-refractivity contribution in [3.05, 3.63) is 0 Å². The number of carbonyl (C=O) groups excluding carboxylic acids is 2. The number of esters is 2. The fraction of sp³-hybridized carbons (Fsp3) is 0.944. The van der Waals surface area contributed by atoms with Gasteiger partial charge in [-0.25, -0.2) is 8.42 Å². The predicted molar refractivity (Wildman–Crippen MR) is 185 cm³/mol. The van der Waals surface area contributed by atoms with E-state index < -0.39 is 16.5 Å². The topological polar surface area (TPSA) is 119 Å². The van der Waals surface area contributed by atoms with E-state index in [1.54, 1.807) is 0 Å². The van der Waals surface area contributed by atoms with Gasteiger partial charge in [0.15, 0.2) is 6.10 Å². The zero-order valence-corrected chi connectivity index (χ0v) is 31.0. The molecule has 0 spiro atoms. The molecule has 0 aromatic rings. The highest BCUT2D eigenvalue weighted by atomic mass is 32.3. The Kier molecular flexibility index (Phi) is 29.1. The largest absolute Gasteiger partial charge is 0.726 e. The molecule has 0 N–H and O–H groups in total. The molecule has 0 bridgehead atoms. The zero-order chi connectivity index (χ0) is 34.4. The second-order valence-corrected chi connectivity index (χ2v) is 14.8. The summed E-state index contributed by atoms with van der Waals surface area (Å²) in [6.45, 7) is 5.15. The Labute approximate surface area is 283 Å². The molecule has 10 heteroatoms. The van der Waals surface area contributed by atoms with Crippen LogP contribution in [-0.2, 0) is 33.6 Å². The fourth-order valence-corrected chi connectivity index (χ4v) is 6.11. The van der Waals surface area contributed by atoms with Gasteiger partial charge in [-0.2, -0.15) is 0 Å². The van der Waals surface area contributed by atoms with Crippen LogP contribution in [0.15, 0.2) is 0 Å². The third-order valence-corrected chi connectivity index (χ3v) is 8.99. The molecule has 274 valence electrons. The Morgan fingerprint density at radius 2 is 1.00 bits per heavy atom. The summed E-state index contributed by atoms with van der Waals surface area (Å²) in [6, 6.07) is 0. The number of hydrogen-bond acceptors (Lipinski definition) is 8. The summed E-state index contributed by atoms with van der Waals surface area (Å²) in [5.74, 6) is -0.565. The molecule has 0 aromatic heterocycles. The number of unbranched alkanes of at least 4 members (excludes halogenated alkanes) is 20. The van der Waals surface area contributed by atoms with E-state index >= 15 is 0 Å². The molecule has 0 aliphatic heterocycles. The molecule has 0 saturated carbocycles. The van der Waals surface area contributed by atoms with Crippen LogP contribution in [0.25, 0.3) is 0 Å². The van der Waals surface area contributed by atoms with Crippen molar-refractivity contribution in [1.29, 1.82) is 0 Å². The maximum absolute atomic E-state index is 12.7. The standard InChI is InChI=1S/C36H71NO8S/c1-5-7-9-11-13-15-17-19-21-23-25-28-35(38)43-33-34(32-37(3,4)30-27-31-44-46(40,41)42)45-36(39)29-26-24-22-20-18-16-14-12-10-8-6-2/h34H,5-33H2,1-4H3. The number of ether oxygens (including phenoxy) is 2. The Balaban J connectivity index is 4.47. The minimum absolute atomic E-state index is 0.00597. The van der Waals surface area contributed by atoms with Gasteiger partial charge in [-0.3, -0.25) is 13.8 Å². The average molecular weight is 678 g/mol. The van der Waals surface area contributed by atoms with E-state index in [9.17, 15) is 22.6 Å². The van der Waals surface area contributed by atoms with E-state index in [-0.39, 0.29) is 25.2 Å². The van der Waals surface area contributed by atoms with Crippen LogP contribution < -0.4 is 0 Å². The van der Waals surface area contributed by atoms with Crippen molar-refractivity contribution < 1.29 is 40.7 Å². The maximum atomic E-state index is 12.7. The van der Waals surface area contributed by atoms with Gasteiger partial charge < -0.3 is 18.5 Å². The van der Waals surface area contributed by atoms with Crippen molar-refractivity contribution in [3.63, 3.8) is 0 Å². The van der Waals surface area contributed by atoms with Crippen molar-refractivity contribution in [2.24, 2.45) is 0 Å². The summed E-state index contributed by atoms with van der Waals surface area (Å²) in [5.41, 5.74) is 0. The molecule has 0 aliphatic carbocycles. The first-order valence-electron chi connectivity index (χ1n) is 18.8. The number of likely N-dealkylation sites (N-methyl/N-ethyl adjacent to an activating group) is 1. The van der Waals surface area contributed by atoms with Gasteiger partial charge in [0.25, 0.3) is 0 Å². The molecule has 0 heterocycles. The Bertz CT molecular complexity index is 834. The monoisotopic (exact) mass is 677 g/mol. The molecule has 0 fully saturated rings. The van der Waals surface area contributed by atoms with Gasteiger partial charge in [-0.1, -0.05) is 142 Å². The first-order chi connectivity index (χ1) is 22.0. The molecule has 0 rings (SSSR count). The summed E-state index contributed by atoms with van der Waals surface area (Å²) in [7, 11) is -0.886. The number of nitrogens with zero attached hydrogens (tertiary/aromatic N) is 1. The fourth-order valence-electron chi connectivity index (χ4n) is 5.79. The molecule has 0 radical (unpaired) electrons. The molecule has 0 amide bonds. The Hall–Kier alpha value is -1.23. The summed E-state index contributed by atoms with van der Waals surface area (Å²) in [5, 5.41) is 0. The van der Waals surface area contributed by atoms with E-state index in [4.69, 9.17) is 9.47 Å². The van der Waals surface area contributed by atoms with Crippen LogP contribution in [-0.4, -0.2) is 75.9 Å². The number of hydrogen-bond donors (Lipinski definition) is 0. The summed E-state index contributed by atoms with van der Waals surface area (Å²) < 4.78 is 48.2. The lowest BCUT2D eigenvalue weighted by atomic mass is 10.1. The van der Waals surface area contributed by atoms with Gasteiger partial charge in [0.2, 0.25) is 10.4 Å². The smallest absolute Gasteiger partial charge is 0.306 e. The van der Waals surface area contributed by atoms with Gasteiger partial charge in [-0.15, -0.1) is 0 Å². The van der Waals surface area contributed by atoms with Crippen molar-refractivity contribution in [2.45, 2.75) is 180 Å². The van der Waals surface area contributed by atoms with Crippen LogP contribution in [0.2, 0.25) is 0 Å². The minimum Gasteiger partial charge on any atom is -0.726 e. The summed E-state index contributed by atoms with van der Waals surface area (Å²) >= 11 is 0. The number of carbonyl (C=O) groups is 2. The van der Waals surface area contributed by atoms with E-state index in [1.807, 2.05) is 14.1 Å². The summed E-state index contributed by atoms with van der Waals surface area (Å²) in [6.07, 6.45) is 27.0. The molecule has 0 aliphatic rings. The molecule has 0 aromatic carbocycles. The third kappa shape index (κ3) is 32.7. The van der Waals surface area contributed by atoms with Gasteiger partial charge in [0, 0.05) is 19.3 Å². The van der Waals surface area contributed by atoms with E-state index in [0.717, 1.165) is 38.5 Å². The van der Waals surface area contributed by atoms with E-state index in [0.29, 0.717) is 36.8 Å². The molecule has 0 saturated heterocycles. The molecule has 9 nitrogen and oxygen atoms in total. The second kappa shape index (κ2) is 29.9. The van der Waals surface area contributed by atoms with Crippen molar-refractivity contribution in [2.75, 3.05) is 40.4 Å². The van der Waals surface area contributed by atoms with Crippen molar-refractivity contribution in [1.82, 2.24) is 0 Å². The molecule has 1 unspecified atom stereocenters. The van der Waals surface area contributed by atoms with E-state index in [1.165, 1.54) is 103 Å². The van der Waals surface area contributed by atoms with Crippen LogP contribution >= 0.6 is 0 Å². The van der Waals surface area contributed by atoms with E-state index in [2.05, 4.69) is 18.0 Å². The van der Waals surface area contributed by atoms with Crippen molar-refractivity contribution in [3.8, 4) is 0 Å². The third-order valence-electron chi connectivity index (χ3n) is 8.53. The van der Waals surface area contributed by atoms with Crippen LogP contribution in [0, 0.1) is 0 Å². The quantitative estimate of drug-likeness (QED) is 0.0218. The highest BCUT2D eigenvalue weighted by Crippen LogP contribution is 2.15. The molecule has 46 heavy (non-hydrogen) atoms. The zero-order valence-electron chi connectivity index (χ0n) is 30.2. The normalized spacial score (nSPS) is 12.7. The average Bonchev–Trinajstić information content (AvgIpc) is 2.99. The first-order valence-corrected chi connectivity index (χ1v) is 20.1. The highest BCUT2D eigenvalue weighted by Gasteiger charge is 2.26. The van der Waals surface area contributed by atoms with Crippen molar-refractivity contribution >= 4 is 22.3 Å². The van der Waals surface area contributed by atoms with Crippen LogP contribution in [0.3, 0.4) is 0 Å². The second-order valence-electron chi connectivity index (χ2n) is 13.8. The molecular weight excluding hydrogens is 606 g/mol. The van der Waals surface area contributed by atoms with Crippen LogP contribution in [0.1, 0.15) is 174 Å². The maximum Gasteiger partial charge on any atom is 0.306 e. The highest BCUT2D eigenvalue weighted by molar-refractivity contribution is 7.80. The lowest BCUT2D eigenvalue weighted by Crippen LogP contribution is -2.49. The first kappa shape index (κ1) is 44.8. The SMILES string of the molecule is CCCCCCCCCCCCCC(=O)OCC(C[N+](C)(C)CCCOS(=O)(=O)[O-])OC(=O)CCCCCCCCCCCCC. The molecule has 1 atom stereocenters.